The molecule has 0 bridgehead atoms. The van der Waals surface area contributed by atoms with Gasteiger partial charge in [-0.15, -0.1) is 0 Å². The fourth-order valence-corrected chi connectivity index (χ4v) is 4.42. The highest BCUT2D eigenvalue weighted by Gasteiger charge is 2.29. The molecule has 1 saturated heterocycles. The van der Waals surface area contributed by atoms with E-state index in [-0.39, 0.29) is 11.8 Å². The zero-order valence-electron chi connectivity index (χ0n) is 18.0. The summed E-state index contributed by atoms with van der Waals surface area (Å²) in [6, 6.07) is 0. The lowest BCUT2D eigenvalue weighted by Crippen LogP contribution is -2.42. The van der Waals surface area contributed by atoms with E-state index in [2.05, 4.69) is 29.2 Å². The minimum atomic E-state index is -0.0727. The van der Waals surface area contributed by atoms with Crippen LogP contribution in [0.15, 0.2) is 6.20 Å². The van der Waals surface area contributed by atoms with Crippen molar-refractivity contribution in [3.05, 3.63) is 40.2 Å². The molecule has 1 amide bonds. The van der Waals surface area contributed by atoms with Crippen molar-refractivity contribution in [2.24, 2.45) is 5.92 Å². The molecule has 0 radical (unpaired) electrons. The third-order valence-corrected chi connectivity index (χ3v) is 6.61. The van der Waals surface area contributed by atoms with Crippen LogP contribution in [0.4, 0.5) is 0 Å². The van der Waals surface area contributed by atoms with Crippen LogP contribution in [-0.4, -0.2) is 50.2 Å². The number of hydrogen-bond donors (Lipinski definition) is 1. The van der Waals surface area contributed by atoms with Crippen LogP contribution in [-0.2, 0) is 24.3 Å². The number of piperidine rings is 1. The Morgan fingerprint density at radius 3 is 2.72 bits per heavy atom. The Labute approximate surface area is 172 Å². The van der Waals surface area contributed by atoms with Crippen molar-refractivity contribution in [1.82, 2.24) is 30.0 Å². The van der Waals surface area contributed by atoms with Gasteiger partial charge in [-0.25, -0.2) is 9.97 Å². The van der Waals surface area contributed by atoms with Gasteiger partial charge in [0.2, 0.25) is 5.91 Å². The lowest BCUT2D eigenvalue weighted by Gasteiger charge is -2.33. The Bertz CT molecular complexity index is 897. The third-order valence-electron chi connectivity index (χ3n) is 6.61. The van der Waals surface area contributed by atoms with Crippen molar-refractivity contribution in [2.75, 3.05) is 19.6 Å². The molecule has 2 aliphatic rings. The van der Waals surface area contributed by atoms with Gasteiger partial charge in [-0.2, -0.15) is 5.10 Å². The summed E-state index contributed by atoms with van der Waals surface area (Å²) in [5, 5.41) is 7.95. The van der Waals surface area contributed by atoms with Gasteiger partial charge in [-0.05, 0) is 39.2 Å². The fourth-order valence-electron chi connectivity index (χ4n) is 4.42. The average Bonchev–Trinajstić information content (AvgIpc) is 2.99. The van der Waals surface area contributed by atoms with Crippen LogP contribution in [0.25, 0.3) is 0 Å². The molecule has 4 rings (SSSR count). The topological polar surface area (TPSA) is 75.9 Å². The van der Waals surface area contributed by atoms with Gasteiger partial charge < -0.3 is 10.2 Å². The number of likely N-dealkylation sites (tertiary alicyclic amines) is 1. The molecule has 0 spiro atoms. The van der Waals surface area contributed by atoms with E-state index in [9.17, 15) is 4.79 Å². The maximum absolute atomic E-state index is 13.0. The largest absolute Gasteiger partial charge is 0.342 e. The fraction of sp³-hybridized carbons (Fsp3) is 0.636. The Kier molecular flexibility index (Phi) is 5.67. The van der Waals surface area contributed by atoms with Crippen molar-refractivity contribution in [1.29, 1.82) is 0 Å². The van der Waals surface area contributed by atoms with Gasteiger partial charge in [-0.1, -0.05) is 6.92 Å². The highest BCUT2D eigenvalue weighted by molar-refractivity contribution is 5.78. The van der Waals surface area contributed by atoms with E-state index in [1.54, 1.807) is 0 Å². The van der Waals surface area contributed by atoms with Gasteiger partial charge in [0, 0.05) is 61.7 Å². The van der Waals surface area contributed by atoms with Gasteiger partial charge in [-0.3, -0.25) is 9.48 Å². The average molecular weight is 397 g/mol. The maximum atomic E-state index is 13.0. The molecule has 4 heterocycles. The second-order valence-electron chi connectivity index (χ2n) is 8.61. The highest BCUT2D eigenvalue weighted by Crippen LogP contribution is 2.27. The van der Waals surface area contributed by atoms with Gasteiger partial charge >= 0.3 is 0 Å². The van der Waals surface area contributed by atoms with Crippen molar-refractivity contribution >= 4 is 5.91 Å². The van der Waals surface area contributed by atoms with Gasteiger partial charge in [0.15, 0.2) is 0 Å². The molecule has 1 atom stereocenters. The van der Waals surface area contributed by atoms with Crippen molar-refractivity contribution in [3.63, 3.8) is 0 Å². The first-order valence-electron chi connectivity index (χ1n) is 10.8. The molecule has 1 N–H and O–H groups in total. The van der Waals surface area contributed by atoms with Crippen molar-refractivity contribution < 1.29 is 4.79 Å². The lowest BCUT2D eigenvalue weighted by atomic mass is 9.94. The maximum Gasteiger partial charge on any atom is 0.227 e. The van der Waals surface area contributed by atoms with E-state index in [0.29, 0.717) is 12.5 Å². The molecular formula is C22H32N6O. The third kappa shape index (κ3) is 4.06. The number of nitrogens with zero attached hydrogens (tertiary/aromatic N) is 5. The van der Waals surface area contributed by atoms with Crippen LogP contribution in [0.1, 0.15) is 59.7 Å². The minimum absolute atomic E-state index is 0.0727. The van der Waals surface area contributed by atoms with Crippen LogP contribution < -0.4 is 5.32 Å². The molecule has 0 aromatic carbocycles. The number of carbonyl (C=O) groups is 1. The molecule has 0 aliphatic carbocycles. The van der Waals surface area contributed by atoms with Gasteiger partial charge in [0.05, 0.1) is 18.2 Å². The second kappa shape index (κ2) is 8.22. The van der Waals surface area contributed by atoms with Gasteiger partial charge in [0.1, 0.15) is 5.82 Å². The Balaban J connectivity index is 1.35. The summed E-state index contributed by atoms with van der Waals surface area (Å²) in [4.78, 5) is 24.5. The summed E-state index contributed by atoms with van der Waals surface area (Å²) in [7, 11) is 0. The molecule has 2 aromatic heterocycles. The number of amides is 1. The summed E-state index contributed by atoms with van der Waals surface area (Å²) >= 11 is 0. The summed E-state index contributed by atoms with van der Waals surface area (Å²) in [5.41, 5.74) is 5.83. The smallest absolute Gasteiger partial charge is 0.227 e. The van der Waals surface area contributed by atoms with Crippen LogP contribution >= 0.6 is 0 Å². The molecule has 0 unspecified atom stereocenters. The van der Waals surface area contributed by atoms with E-state index >= 15 is 0 Å². The minimum Gasteiger partial charge on any atom is -0.342 e. The molecule has 1 fully saturated rings. The first kappa shape index (κ1) is 20.0. The van der Waals surface area contributed by atoms with E-state index in [1.807, 2.05) is 29.6 Å². The van der Waals surface area contributed by atoms with Crippen LogP contribution in [0.5, 0.6) is 0 Å². The number of fused-ring (bicyclic) bond motifs is 1. The van der Waals surface area contributed by atoms with E-state index in [4.69, 9.17) is 4.98 Å². The Hall–Kier alpha value is -2.28. The predicted molar refractivity (Wildman–Crippen MR) is 112 cm³/mol. The molecule has 29 heavy (non-hydrogen) atoms. The molecule has 156 valence electrons. The van der Waals surface area contributed by atoms with Gasteiger partial charge in [0.25, 0.3) is 0 Å². The summed E-state index contributed by atoms with van der Waals surface area (Å²) in [6.07, 6.45) is 4.84. The quantitative estimate of drug-likeness (QED) is 0.858. The van der Waals surface area contributed by atoms with Crippen LogP contribution in [0.3, 0.4) is 0 Å². The Morgan fingerprint density at radius 1 is 1.28 bits per heavy atom. The highest BCUT2D eigenvalue weighted by atomic mass is 16.2. The standard InChI is InChI=1S/C22H32N6O/c1-14(13-28-17(4)15(2)16(3)26-28)22(29)27-9-6-18(7-10-27)21-24-12-19-11-23-8-5-20(19)25-21/h12,14,18,23H,5-11,13H2,1-4H3/t14-/m1/s1. The van der Waals surface area contributed by atoms with Crippen molar-refractivity contribution in [3.8, 4) is 0 Å². The number of aromatic nitrogens is 4. The molecule has 2 aliphatic heterocycles. The number of rotatable bonds is 4. The Morgan fingerprint density at radius 2 is 2.03 bits per heavy atom. The first-order valence-corrected chi connectivity index (χ1v) is 10.8. The number of aryl methyl sites for hydroxylation is 1. The molecule has 0 saturated carbocycles. The predicted octanol–water partition coefficient (Wildman–Crippen LogP) is 2.29. The second-order valence-corrected chi connectivity index (χ2v) is 8.61. The van der Waals surface area contributed by atoms with Crippen molar-refractivity contribution in [2.45, 2.75) is 66.0 Å². The molecule has 2 aromatic rings. The molecule has 7 heteroatoms. The summed E-state index contributed by atoms with van der Waals surface area (Å²) in [6.45, 7) is 12.3. The number of hydrogen-bond acceptors (Lipinski definition) is 5. The molecular weight excluding hydrogens is 364 g/mol. The first-order chi connectivity index (χ1) is 13.9. The summed E-state index contributed by atoms with van der Waals surface area (Å²) < 4.78 is 1.98. The zero-order valence-corrected chi connectivity index (χ0v) is 18.0. The SMILES string of the molecule is Cc1nn(C[C@@H](C)C(=O)N2CCC(c3ncc4c(n3)CCNC4)CC2)c(C)c1C. The van der Waals surface area contributed by atoms with Crippen LogP contribution in [0.2, 0.25) is 0 Å². The molecule has 7 nitrogen and oxygen atoms in total. The number of nitrogens with one attached hydrogen (secondary N) is 1. The zero-order chi connectivity index (χ0) is 20.5. The van der Waals surface area contributed by atoms with E-state index in [1.165, 1.54) is 16.8 Å². The monoisotopic (exact) mass is 396 g/mol. The number of carbonyl (C=O) groups excluding carboxylic acids is 1. The summed E-state index contributed by atoms with van der Waals surface area (Å²) in [5.74, 6) is 1.47. The normalized spacial score (nSPS) is 18.6. The van der Waals surface area contributed by atoms with E-state index < -0.39 is 0 Å². The lowest BCUT2D eigenvalue weighted by molar-refractivity contribution is -0.136. The van der Waals surface area contributed by atoms with E-state index in [0.717, 1.165) is 62.7 Å². The van der Waals surface area contributed by atoms with Crippen LogP contribution in [0, 0.1) is 26.7 Å².